The smallest absolute Gasteiger partial charge is 0.202 e. The van der Waals surface area contributed by atoms with E-state index in [2.05, 4.69) is 0 Å². The van der Waals surface area contributed by atoms with Gasteiger partial charge in [-0.2, -0.15) is 0 Å². The highest BCUT2D eigenvalue weighted by Crippen LogP contribution is 2.65. The van der Waals surface area contributed by atoms with Crippen molar-refractivity contribution < 1.29 is 14.3 Å². The Kier molecular flexibility index (Phi) is 2.65. The van der Waals surface area contributed by atoms with Crippen LogP contribution >= 0.6 is 0 Å². The molecule has 4 atom stereocenters. The van der Waals surface area contributed by atoms with Crippen molar-refractivity contribution in [3.05, 3.63) is 71.8 Å². The normalized spacial score (nSPS) is 38.0. The predicted octanol–water partition coefficient (Wildman–Crippen LogP) is 3.76. The molecule has 23 heavy (non-hydrogen) atoms. The number of ether oxygens (including phenoxy) is 2. The van der Waals surface area contributed by atoms with Gasteiger partial charge in [-0.3, -0.25) is 4.79 Å². The summed E-state index contributed by atoms with van der Waals surface area (Å²) < 4.78 is 11.9. The Morgan fingerprint density at radius 1 is 0.739 bits per heavy atom. The number of carbonyl (C=O) groups excluding carboxylic acids is 1. The van der Waals surface area contributed by atoms with Crippen LogP contribution in [0.15, 0.2) is 60.7 Å². The number of epoxide rings is 2. The third-order valence-electron chi connectivity index (χ3n) is 5.46. The van der Waals surface area contributed by atoms with Crippen molar-refractivity contribution in [3.63, 3.8) is 0 Å². The van der Waals surface area contributed by atoms with Crippen molar-refractivity contribution >= 4 is 5.78 Å². The summed E-state index contributed by atoms with van der Waals surface area (Å²) in [6.45, 7) is 0. The number of carbonyl (C=O) groups is 1. The van der Waals surface area contributed by atoms with Crippen LogP contribution in [0.3, 0.4) is 0 Å². The molecule has 2 aliphatic heterocycles. The zero-order valence-electron chi connectivity index (χ0n) is 12.8. The van der Waals surface area contributed by atoms with Crippen molar-refractivity contribution in [1.29, 1.82) is 0 Å². The van der Waals surface area contributed by atoms with Crippen LogP contribution in [0.1, 0.15) is 42.6 Å². The molecule has 0 bridgehead atoms. The van der Waals surface area contributed by atoms with E-state index < -0.39 is 11.2 Å². The van der Waals surface area contributed by atoms with Gasteiger partial charge in [-0.1, -0.05) is 60.7 Å². The van der Waals surface area contributed by atoms with Crippen molar-refractivity contribution in [2.24, 2.45) is 0 Å². The lowest BCUT2D eigenvalue weighted by Crippen LogP contribution is -2.43. The Morgan fingerprint density at radius 3 is 1.61 bits per heavy atom. The zero-order valence-corrected chi connectivity index (χ0v) is 12.8. The van der Waals surface area contributed by atoms with Crippen molar-refractivity contribution in [3.8, 4) is 0 Å². The molecule has 0 N–H and O–H groups in total. The molecule has 0 unspecified atom stereocenters. The summed E-state index contributed by atoms with van der Waals surface area (Å²) in [7, 11) is 0. The van der Waals surface area contributed by atoms with E-state index in [1.54, 1.807) is 0 Å². The Hall–Kier alpha value is -1.97. The fourth-order valence-electron chi connectivity index (χ4n) is 4.21. The lowest BCUT2D eigenvalue weighted by atomic mass is 9.74. The van der Waals surface area contributed by atoms with E-state index in [9.17, 15) is 4.79 Å². The monoisotopic (exact) mass is 306 g/mol. The van der Waals surface area contributed by atoms with Crippen molar-refractivity contribution in [1.82, 2.24) is 0 Å². The van der Waals surface area contributed by atoms with Gasteiger partial charge in [-0.05, 0) is 30.4 Å². The van der Waals surface area contributed by atoms with Crippen LogP contribution in [0, 0.1) is 0 Å². The third kappa shape index (κ3) is 1.81. The van der Waals surface area contributed by atoms with Gasteiger partial charge < -0.3 is 9.47 Å². The molecule has 2 saturated heterocycles. The van der Waals surface area contributed by atoms with Crippen LogP contribution < -0.4 is 0 Å². The summed E-state index contributed by atoms with van der Waals surface area (Å²) in [6.07, 6.45) is 2.37. The molecule has 5 rings (SSSR count). The highest BCUT2D eigenvalue weighted by atomic mass is 16.6. The standard InChI is InChI=1S/C20H18O3/c21-18-19(16(22-19)14-8-3-1-4-9-14)12-7-13-20(18)17(23-20)15-10-5-2-6-11-15/h1-6,8-11,16-17H,7,12-13H2/t16-,17-,19-,20-/m0/s1. The molecule has 2 aromatic rings. The van der Waals surface area contributed by atoms with Crippen molar-refractivity contribution in [2.75, 3.05) is 0 Å². The van der Waals surface area contributed by atoms with E-state index in [-0.39, 0.29) is 18.0 Å². The molecule has 2 heterocycles. The van der Waals surface area contributed by atoms with Gasteiger partial charge in [0.25, 0.3) is 0 Å². The van der Waals surface area contributed by atoms with Crippen LogP contribution in [0.2, 0.25) is 0 Å². The first-order valence-electron chi connectivity index (χ1n) is 8.27. The van der Waals surface area contributed by atoms with Crippen molar-refractivity contribution in [2.45, 2.75) is 42.7 Å². The lowest BCUT2D eigenvalue weighted by molar-refractivity contribution is -0.132. The largest absolute Gasteiger partial charge is 0.353 e. The lowest BCUT2D eigenvalue weighted by Gasteiger charge is -2.24. The average Bonchev–Trinajstić information content (AvgIpc) is 3.50. The maximum absolute atomic E-state index is 13.2. The van der Waals surface area contributed by atoms with Crippen LogP contribution in [-0.2, 0) is 14.3 Å². The second-order valence-corrected chi connectivity index (χ2v) is 6.78. The SMILES string of the molecule is O=C1[C@@]2(CCC[C@@]13O[C@H]3c1ccccc1)O[C@H]2c1ccccc1. The Bertz CT molecular complexity index is 693. The summed E-state index contributed by atoms with van der Waals surface area (Å²) in [5.41, 5.74) is 0.885. The quantitative estimate of drug-likeness (QED) is 0.793. The number of ketones is 1. The number of benzene rings is 2. The fourth-order valence-corrected chi connectivity index (χ4v) is 4.21. The minimum atomic E-state index is -0.650. The first kappa shape index (κ1) is 13.5. The molecule has 116 valence electrons. The van der Waals surface area contributed by atoms with Crippen LogP contribution in [0.5, 0.6) is 0 Å². The molecular weight excluding hydrogens is 288 g/mol. The van der Waals surface area contributed by atoms with Crippen LogP contribution in [0.25, 0.3) is 0 Å². The minimum Gasteiger partial charge on any atom is -0.353 e. The topological polar surface area (TPSA) is 42.1 Å². The van der Waals surface area contributed by atoms with E-state index in [1.165, 1.54) is 0 Å². The molecular formula is C20H18O3. The average molecular weight is 306 g/mol. The van der Waals surface area contributed by atoms with Gasteiger partial charge in [-0.25, -0.2) is 0 Å². The van der Waals surface area contributed by atoms with Crippen LogP contribution in [-0.4, -0.2) is 17.0 Å². The van der Waals surface area contributed by atoms with Gasteiger partial charge in [-0.15, -0.1) is 0 Å². The molecule has 1 saturated carbocycles. The third-order valence-corrected chi connectivity index (χ3v) is 5.46. The molecule has 3 aliphatic rings. The zero-order chi connectivity index (χ0) is 15.5. The van der Waals surface area contributed by atoms with Gasteiger partial charge in [0.05, 0.1) is 0 Å². The minimum absolute atomic E-state index is 0.103. The number of Topliss-reactive ketones (excluding diaryl/α,β-unsaturated/α-hetero) is 1. The van der Waals surface area contributed by atoms with Gasteiger partial charge >= 0.3 is 0 Å². The maximum Gasteiger partial charge on any atom is 0.202 e. The van der Waals surface area contributed by atoms with E-state index >= 15 is 0 Å². The Morgan fingerprint density at radius 2 is 1.17 bits per heavy atom. The highest BCUT2D eigenvalue weighted by Gasteiger charge is 2.76. The van der Waals surface area contributed by atoms with Gasteiger partial charge in [0.2, 0.25) is 5.78 Å². The number of hydrogen-bond acceptors (Lipinski definition) is 3. The predicted molar refractivity (Wildman–Crippen MR) is 84.9 cm³/mol. The summed E-state index contributed by atoms with van der Waals surface area (Å²) in [6, 6.07) is 20.1. The molecule has 2 spiro atoms. The number of rotatable bonds is 2. The Labute approximate surface area is 135 Å². The van der Waals surface area contributed by atoms with Gasteiger partial charge in [0.1, 0.15) is 12.2 Å². The van der Waals surface area contributed by atoms with E-state index in [1.807, 2.05) is 60.7 Å². The highest BCUT2D eigenvalue weighted by molar-refractivity contribution is 6.01. The first-order chi connectivity index (χ1) is 11.3. The summed E-state index contributed by atoms with van der Waals surface area (Å²) in [5, 5.41) is 0. The fraction of sp³-hybridized carbons (Fsp3) is 0.350. The first-order valence-corrected chi connectivity index (χ1v) is 8.27. The van der Waals surface area contributed by atoms with Gasteiger partial charge in [0.15, 0.2) is 11.2 Å². The summed E-state index contributed by atoms with van der Waals surface area (Å²) in [5.74, 6) is 0.152. The second-order valence-electron chi connectivity index (χ2n) is 6.78. The molecule has 0 radical (unpaired) electrons. The van der Waals surface area contributed by atoms with E-state index in [4.69, 9.17) is 9.47 Å². The summed E-state index contributed by atoms with van der Waals surface area (Å²) >= 11 is 0. The van der Waals surface area contributed by atoms with E-state index in [0.29, 0.717) is 0 Å². The molecule has 1 aliphatic carbocycles. The second kappa shape index (κ2) is 4.53. The number of hydrogen-bond donors (Lipinski definition) is 0. The molecule has 0 amide bonds. The van der Waals surface area contributed by atoms with Gasteiger partial charge in [0, 0.05) is 0 Å². The molecule has 3 nitrogen and oxygen atoms in total. The molecule has 3 heteroatoms. The molecule has 0 aromatic heterocycles. The molecule has 2 aromatic carbocycles. The Balaban J connectivity index is 1.44. The molecule has 3 fully saturated rings. The summed E-state index contributed by atoms with van der Waals surface area (Å²) in [4.78, 5) is 13.2. The van der Waals surface area contributed by atoms with Crippen LogP contribution in [0.4, 0.5) is 0 Å². The maximum atomic E-state index is 13.2. The van der Waals surface area contributed by atoms with E-state index in [0.717, 1.165) is 30.4 Å².